The van der Waals surface area contributed by atoms with Gasteiger partial charge in [-0.3, -0.25) is 4.79 Å². The maximum Gasteiger partial charge on any atom is 0.246 e. The number of amides is 1. The number of hydrogen-bond acceptors (Lipinski definition) is 6. The van der Waals surface area contributed by atoms with Crippen molar-refractivity contribution in [2.45, 2.75) is 30.7 Å². The summed E-state index contributed by atoms with van der Waals surface area (Å²) in [7, 11) is -3.69. The SMILES string of the molecule is O=C(Cn1nnc2ccccc21)Nc1cc(S(=O)(=O)N2CCCCC2)ccc1Oc1ccccc1. The van der Waals surface area contributed by atoms with Gasteiger partial charge in [0.25, 0.3) is 0 Å². The van der Waals surface area contributed by atoms with Crippen molar-refractivity contribution in [1.82, 2.24) is 19.3 Å². The van der Waals surface area contributed by atoms with E-state index in [0.29, 0.717) is 30.1 Å². The fourth-order valence-corrected chi connectivity index (χ4v) is 5.63. The Balaban J connectivity index is 1.44. The minimum Gasteiger partial charge on any atom is -0.455 e. The van der Waals surface area contributed by atoms with Gasteiger partial charge in [-0.05, 0) is 55.3 Å². The Morgan fingerprint density at radius 3 is 2.49 bits per heavy atom. The highest BCUT2D eigenvalue weighted by Crippen LogP contribution is 2.33. The maximum absolute atomic E-state index is 13.2. The van der Waals surface area contributed by atoms with Crippen LogP contribution in [-0.4, -0.2) is 46.7 Å². The van der Waals surface area contributed by atoms with Gasteiger partial charge in [0.15, 0.2) is 5.75 Å². The Hall–Kier alpha value is -3.76. The summed E-state index contributed by atoms with van der Waals surface area (Å²) in [6, 6.07) is 21.0. The van der Waals surface area contributed by atoms with Crippen LogP contribution in [0.15, 0.2) is 77.7 Å². The first-order valence-corrected chi connectivity index (χ1v) is 12.9. The molecule has 1 saturated heterocycles. The number of nitrogens with one attached hydrogen (secondary N) is 1. The molecule has 1 N–H and O–H groups in total. The molecule has 0 spiro atoms. The average Bonchev–Trinajstić information content (AvgIpc) is 3.29. The lowest BCUT2D eigenvalue weighted by Gasteiger charge is -2.26. The molecule has 0 bridgehead atoms. The van der Waals surface area contributed by atoms with Crippen molar-refractivity contribution in [3.63, 3.8) is 0 Å². The van der Waals surface area contributed by atoms with Crippen LogP contribution in [0.5, 0.6) is 11.5 Å². The minimum atomic E-state index is -3.69. The van der Waals surface area contributed by atoms with Gasteiger partial charge in [-0.25, -0.2) is 13.1 Å². The van der Waals surface area contributed by atoms with Gasteiger partial charge in [0, 0.05) is 13.1 Å². The number of anilines is 1. The van der Waals surface area contributed by atoms with Gasteiger partial charge in [-0.1, -0.05) is 42.0 Å². The predicted octanol–water partition coefficient (Wildman–Crippen LogP) is 4.04. The minimum absolute atomic E-state index is 0.0889. The smallest absolute Gasteiger partial charge is 0.246 e. The molecule has 10 heteroatoms. The molecule has 1 aromatic heterocycles. The monoisotopic (exact) mass is 491 g/mol. The maximum atomic E-state index is 13.2. The number of sulfonamides is 1. The van der Waals surface area contributed by atoms with Crippen LogP contribution >= 0.6 is 0 Å². The van der Waals surface area contributed by atoms with E-state index in [1.54, 1.807) is 18.2 Å². The fourth-order valence-electron chi connectivity index (χ4n) is 4.09. The third kappa shape index (κ3) is 5.03. The number of fused-ring (bicyclic) bond motifs is 1. The molecular weight excluding hydrogens is 466 g/mol. The number of carbonyl (C=O) groups is 1. The Labute approximate surface area is 203 Å². The highest BCUT2D eigenvalue weighted by molar-refractivity contribution is 7.89. The number of rotatable bonds is 7. The zero-order chi connectivity index (χ0) is 24.3. The predicted molar refractivity (Wildman–Crippen MR) is 132 cm³/mol. The summed E-state index contributed by atoms with van der Waals surface area (Å²) in [5.41, 5.74) is 1.68. The van der Waals surface area contributed by atoms with E-state index in [1.165, 1.54) is 21.1 Å². The van der Waals surface area contributed by atoms with Crippen LogP contribution in [0, 0.1) is 0 Å². The first kappa shape index (κ1) is 23.0. The van der Waals surface area contributed by atoms with E-state index in [4.69, 9.17) is 4.74 Å². The first-order valence-electron chi connectivity index (χ1n) is 11.5. The van der Waals surface area contributed by atoms with Crippen molar-refractivity contribution >= 4 is 32.7 Å². The number of aromatic nitrogens is 3. The van der Waals surface area contributed by atoms with Gasteiger partial charge < -0.3 is 10.1 Å². The van der Waals surface area contributed by atoms with E-state index in [-0.39, 0.29) is 23.0 Å². The van der Waals surface area contributed by atoms with Crippen LogP contribution in [0.25, 0.3) is 11.0 Å². The van der Waals surface area contributed by atoms with Gasteiger partial charge in [0.05, 0.1) is 16.1 Å². The number of carbonyl (C=O) groups excluding carboxylic acids is 1. The normalized spacial score (nSPS) is 14.6. The van der Waals surface area contributed by atoms with Gasteiger partial charge in [0.2, 0.25) is 15.9 Å². The molecule has 4 aromatic rings. The fraction of sp³-hybridized carbons (Fsp3) is 0.240. The molecule has 1 amide bonds. The van der Waals surface area contributed by atoms with E-state index in [0.717, 1.165) is 24.8 Å². The number of nitrogens with zero attached hydrogens (tertiary/aromatic N) is 4. The molecule has 180 valence electrons. The molecular formula is C25H25N5O4S. The Morgan fingerprint density at radius 1 is 0.943 bits per heavy atom. The van der Waals surface area contributed by atoms with Crippen molar-refractivity contribution in [3.8, 4) is 11.5 Å². The molecule has 0 radical (unpaired) electrons. The van der Waals surface area contributed by atoms with E-state index in [1.807, 2.05) is 42.5 Å². The summed E-state index contributed by atoms with van der Waals surface area (Å²) >= 11 is 0. The van der Waals surface area contributed by atoms with Crippen LogP contribution in [0.2, 0.25) is 0 Å². The second-order valence-electron chi connectivity index (χ2n) is 8.32. The largest absolute Gasteiger partial charge is 0.455 e. The highest BCUT2D eigenvalue weighted by atomic mass is 32.2. The summed E-state index contributed by atoms with van der Waals surface area (Å²) in [5.74, 6) is 0.522. The van der Waals surface area contributed by atoms with Crippen LogP contribution < -0.4 is 10.1 Å². The molecule has 1 fully saturated rings. The number of ether oxygens (including phenoxy) is 1. The Bertz CT molecular complexity index is 1450. The molecule has 0 aliphatic carbocycles. The number of benzene rings is 3. The van der Waals surface area contributed by atoms with Crippen molar-refractivity contribution in [2.24, 2.45) is 0 Å². The van der Waals surface area contributed by atoms with Crippen molar-refractivity contribution in [2.75, 3.05) is 18.4 Å². The third-order valence-electron chi connectivity index (χ3n) is 5.86. The molecule has 35 heavy (non-hydrogen) atoms. The van der Waals surface area contributed by atoms with Crippen molar-refractivity contribution < 1.29 is 17.9 Å². The number of hydrogen-bond donors (Lipinski definition) is 1. The average molecular weight is 492 g/mol. The van der Waals surface area contributed by atoms with Crippen LogP contribution in [0.3, 0.4) is 0 Å². The molecule has 5 rings (SSSR count). The topological polar surface area (TPSA) is 106 Å². The summed E-state index contributed by atoms with van der Waals surface area (Å²) in [4.78, 5) is 13.1. The molecule has 1 aliphatic heterocycles. The van der Waals surface area contributed by atoms with E-state index >= 15 is 0 Å². The van der Waals surface area contributed by atoms with Gasteiger partial charge >= 0.3 is 0 Å². The Morgan fingerprint density at radius 2 is 1.69 bits per heavy atom. The van der Waals surface area contributed by atoms with E-state index < -0.39 is 10.0 Å². The van der Waals surface area contributed by atoms with Crippen molar-refractivity contribution in [3.05, 3.63) is 72.8 Å². The van der Waals surface area contributed by atoms with Crippen LogP contribution in [-0.2, 0) is 21.4 Å². The van der Waals surface area contributed by atoms with E-state index in [9.17, 15) is 13.2 Å². The van der Waals surface area contributed by atoms with Gasteiger partial charge in [-0.15, -0.1) is 5.10 Å². The molecule has 1 aliphatic rings. The quantitative estimate of drug-likeness (QED) is 0.418. The first-order chi connectivity index (χ1) is 17.0. The Kier molecular flexibility index (Phi) is 6.47. The van der Waals surface area contributed by atoms with Crippen LogP contribution in [0.1, 0.15) is 19.3 Å². The summed E-state index contributed by atoms with van der Waals surface area (Å²) in [6.07, 6.45) is 2.70. The zero-order valence-electron chi connectivity index (χ0n) is 19.0. The standard InChI is InChI=1S/C25H25N5O4S/c31-25(18-30-23-12-6-5-11-21(23)27-28-30)26-22-17-20(35(32,33)29-15-7-2-8-16-29)13-14-24(22)34-19-9-3-1-4-10-19/h1,3-6,9-14,17H,2,7-8,15-16,18H2,(H,26,31). The molecule has 3 aromatic carbocycles. The summed E-state index contributed by atoms with van der Waals surface area (Å²) < 4.78 is 35.5. The number of para-hydroxylation sites is 2. The lowest BCUT2D eigenvalue weighted by molar-refractivity contribution is -0.116. The number of piperidine rings is 1. The third-order valence-corrected chi connectivity index (χ3v) is 7.76. The molecule has 0 saturated carbocycles. The molecule has 0 unspecified atom stereocenters. The van der Waals surface area contributed by atoms with Crippen molar-refractivity contribution in [1.29, 1.82) is 0 Å². The summed E-state index contributed by atoms with van der Waals surface area (Å²) in [5, 5.41) is 10.9. The van der Waals surface area contributed by atoms with E-state index in [2.05, 4.69) is 15.6 Å². The van der Waals surface area contributed by atoms with Gasteiger partial charge in [-0.2, -0.15) is 4.31 Å². The molecule has 9 nitrogen and oxygen atoms in total. The zero-order valence-corrected chi connectivity index (χ0v) is 19.8. The second-order valence-corrected chi connectivity index (χ2v) is 10.3. The van der Waals surface area contributed by atoms with Gasteiger partial charge in [0.1, 0.15) is 17.8 Å². The highest BCUT2D eigenvalue weighted by Gasteiger charge is 2.27. The van der Waals surface area contributed by atoms with Crippen LogP contribution in [0.4, 0.5) is 5.69 Å². The lowest BCUT2D eigenvalue weighted by atomic mass is 10.2. The second kappa shape index (κ2) is 9.85. The molecule has 0 atom stereocenters. The summed E-state index contributed by atoms with van der Waals surface area (Å²) in [6.45, 7) is 0.895. The molecule has 2 heterocycles. The lowest BCUT2D eigenvalue weighted by Crippen LogP contribution is -2.35.